The fraction of sp³-hybridized carbons (Fsp3) is 0.417. The molecule has 0 saturated carbocycles. The van der Waals surface area contributed by atoms with Gasteiger partial charge in [-0.1, -0.05) is 0 Å². The van der Waals surface area contributed by atoms with Gasteiger partial charge in [0.15, 0.2) is 0 Å². The van der Waals surface area contributed by atoms with Gasteiger partial charge in [0, 0.05) is 13.6 Å². The Labute approximate surface area is 100 Å². The minimum atomic E-state index is -0.614. The van der Waals surface area contributed by atoms with Crippen molar-refractivity contribution in [2.75, 3.05) is 20.7 Å². The first-order valence-electron chi connectivity index (χ1n) is 5.26. The minimum Gasteiger partial charge on any atom is -0.507 e. The van der Waals surface area contributed by atoms with E-state index in [1.165, 1.54) is 24.1 Å². The predicted octanol–water partition coefficient (Wildman–Crippen LogP) is 0.854. The van der Waals surface area contributed by atoms with Crippen molar-refractivity contribution >= 4 is 5.91 Å². The topological polar surface area (TPSA) is 70.0 Å². The van der Waals surface area contributed by atoms with E-state index in [1.807, 2.05) is 0 Å². The van der Waals surface area contributed by atoms with Crippen LogP contribution in [0.4, 0.5) is 0 Å². The number of phenols is 1. The Hall–Kier alpha value is -1.75. The first-order valence-corrected chi connectivity index (χ1v) is 5.26. The third-order valence-corrected chi connectivity index (χ3v) is 2.32. The highest BCUT2D eigenvalue weighted by Crippen LogP contribution is 2.23. The summed E-state index contributed by atoms with van der Waals surface area (Å²) in [7, 11) is 3.05. The summed E-state index contributed by atoms with van der Waals surface area (Å²) in [6.45, 7) is 1.80. The summed E-state index contributed by atoms with van der Waals surface area (Å²) >= 11 is 0. The first kappa shape index (κ1) is 13.3. The monoisotopic (exact) mass is 239 g/mol. The number of aliphatic hydroxyl groups excluding tert-OH is 1. The molecular formula is C12H17NO4. The van der Waals surface area contributed by atoms with Crippen LogP contribution < -0.4 is 4.74 Å². The number of methoxy groups -OCH3 is 1. The van der Waals surface area contributed by atoms with Crippen LogP contribution in [0.15, 0.2) is 18.2 Å². The molecule has 5 nitrogen and oxygen atoms in total. The average Bonchev–Trinajstić information content (AvgIpc) is 2.28. The van der Waals surface area contributed by atoms with Crippen molar-refractivity contribution in [1.29, 1.82) is 0 Å². The van der Waals surface area contributed by atoms with E-state index >= 15 is 0 Å². The minimum absolute atomic E-state index is 0.103. The second-order valence-corrected chi connectivity index (χ2v) is 3.92. The number of likely N-dealkylation sites (N-methyl/N-ethyl adjacent to an activating group) is 1. The summed E-state index contributed by atoms with van der Waals surface area (Å²) in [5.41, 5.74) is 0.160. The third-order valence-electron chi connectivity index (χ3n) is 2.32. The number of aliphatic hydroxyl groups is 1. The normalized spacial score (nSPS) is 12.0. The van der Waals surface area contributed by atoms with Crippen molar-refractivity contribution in [1.82, 2.24) is 4.90 Å². The van der Waals surface area contributed by atoms with Gasteiger partial charge in [0.25, 0.3) is 5.91 Å². The number of phenolic OH excluding ortho intramolecular Hbond substituents is 1. The molecule has 0 aliphatic rings. The van der Waals surface area contributed by atoms with Gasteiger partial charge in [-0.3, -0.25) is 4.79 Å². The van der Waals surface area contributed by atoms with E-state index in [2.05, 4.69) is 0 Å². The first-order chi connectivity index (χ1) is 7.95. The number of benzene rings is 1. The molecule has 0 heterocycles. The number of amides is 1. The highest BCUT2D eigenvalue weighted by atomic mass is 16.5. The molecule has 1 atom stereocenters. The molecule has 5 heteroatoms. The number of hydrogen-bond acceptors (Lipinski definition) is 4. The lowest BCUT2D eigenvalue weighted by atomic mass is 10.1. The molecule has 1 amide bonds. The fourth-order valence-corrected chi connectivity index (χ4v) is 1.50. The van der Waals surface area contributed by atoms with Crippen molar-refractivity contribution < 1.29 is 19.7 Å². The molecule has 1 rings (SSSR count). The lowest BCUT2D eigenvalue weighted by Crippen LogP contribution is -2.33. The fourth-order valence-electron chi connectivity index (χ4n) is 1.50. The summed E-state index contributed by atoms with van der Waals surface area (Å²) in [4.78, 5) is 13.3. The van der Waals surface area contributed by atoms with Crippen LogP contribution in [0, 0.1) is 0 Å². The zero-order chi connectivity index (χ0) is 13.0. The molecule has 1 unspecified atom stereocenters. The standard InChI is InChI=1S/C12H17NO4/c1-8(14)7-13(2)12(16)10-6-9(17-3)4-5-11(10)15/h4-6,8,14-15H,7H2,1-3H3. The van der Waals surface area contributed by atoms with Crippen molar-refractivity contribution in [2.24, 2.45) is 0 Å². The number of ether oxygens (including phenoxy) is 1. The molecule has 0 fully saturated rings. The van der Waals surface area contributed by atoms with Gasteiger partial charge in [-0.2, -0.15) is 0 Å². The van der Waals surface area contributed by atoms with Gasteiger partial charge in [-0.05, 0) is 25.1 Å². The van der Waals surface area contributed by atoms with E-state index in [9.17, 15) is 15.0 Å². The number of hydrogen-bond donors (Lipinski definition) is 2. The maximum atomic E-state index is 12.0. The van der Waals surface area contributed by atoms with Crippen molar-refractivity contribution in [3.8, 4) is 11.5 Å². The quantitative estimate of drug-likeness (QED) is 0.817. The van der Waals surface area contributed by atoms with Crippen molar-refractivity contribution in [3.63, 3.8) is 0 Å². The third kappa shape index (κ3) is 3.35. The van der Waals surface area contributed by atoms with Crippen LogP contribution in [0.25, 0.3) is 0 Å². The largest absolute Gasteiger partial charge is 0.507 e. The second-order valence-electron chi connectivity index (χ2n) is 3.92. The molecule has 0 spiro atoms. The van der Waals surface area contributed by atoms with Crippen LogP contribution in [0.5, 0.6) is 11.5 Å². The molecule has 17 heavy (non-hydrogen) atoms. The molecule has 0 aliphatic heterocycles. The Morgan fingerprint density at radius 2 is 2.18 bits per heavy atom. The zero-order valence-corrected chi connectivity index (χ0v) is 10.2. The molecule has 0 aromatic heterocycles. The van der Waals surface area contributed by atoms with E-state index in [0.29, 0.717) is 5.75 Å². The highest BCUT2D eigenvalue weighted by molar-refractivity contribution is 5.97. The predicted molar refractivity (Wildman–Crippen MR) is 63.3 cm³/mol. The Balaban J connectivity index is 2.94. The SMILES string of the molecule is COc1ccc(O)c(C(=O)N(C)CC(C)O)c1. The van der Waals surface area contributed by atoms with Gasteiger partial charge in [-0.15, -0.1) is 0 Å². The van der Waals surface area contributed by atoms with Crippen LogP contribution in [-0.2, 0) is 0 Å². The summed E-state index contributed by atoms with van der Waals surface area (Å²) in [6.07, 6.45) is -0.614. The summed E-state index contributed by atoms with van der Waals surface area (Å²) in [6, 6.07) is 4.44. The number of aromatic hydroxyl groups is 1. The summed E-state index contributed by atoms with van der Waals surface area (Å²) in [5.74, 6) is 0.0344. The molecule has 94 valence electrons. The summed E-state index contributed by atoms with van der Waals surface area (Å²) in [5, 5.41) is 18.8. The average molecular weight is 239 g/mol. The van der Waals surface area contributed by atoms with E-state index in [1.54, 1.807) is 20.0 Å². The van der Waals surface area contributed by atoms with Crippen LogP contribution in [0.3, 0.4) is 0 Å². The van der Waals surface area contributed by atoms with Gasteiger partial charge < -0.3 is 19.8 Å². The van der Waals surface area contributed by atoms with E-state index < -0.39 is 6.10 Å². The molecule has 0 aliphatic carbocycles. The smallest absolute Gasteiger partial charge is 0.257 e. The molecular weight excluding hydrogens is 222 g/mol. The van der Waals surface area contributed by atoms with Crippen LogP contribution in [0.1, 0.15) is 17.3 Å². The van der Waals surface area contributed by atoms with Gasteiger partial charge in [0.1, 0.15) is 11.5 Å². The van der Waals surface area contributed by atoms with Crippen molar-refractivity contribution in [2.45, 2.75) is 13.0 Å². The van der Waals surface area contributed by atoms with Gasteiger partial charge in [0.2, 0.25) is 0 Å². The Bertz CT molecular complexity index is 403. The Morgan fingerprint density at radius 3 is 2.71 bits per heavy atom. The van der Waals surface area contributed by atoms with Crippen LogP contribution >= 0.6 is 0 Å². The molecule has 1 aromatic rings. The Kier molecular flexibility index (Phi) is 4.34. The summed E-state index contributed by atoms with van der Waals surface area (Å²) < 4.78 is 4.99. The zero-order valence-electron chi connectivity index (χ0n) is 10.2. The molecule has 0 saturated heterocycles. The van der Waals surface area contributed by atoms with Gasteiger partial charge in [-0.25, -0.2) is 0 Å². The molecule has 0 bridgehead atoms. The van der Waals surface area contributed by atoms with Crippen molar-refractivity contribution in [3.05, 3.63) is 23.8 Å². The second kappa shape index (κ2) is 5.54. The number of carbonyl (C=O) groups excluding carboxylic acids is 1. The Morgan fingerprint density at radius 1 is 1.53 bits per heavy atom. The van der Waals surface area contributed by atoms with E-state index in [4.69, 9.17) is 4.74 Å². The van der Waals surface area contributed by atoms with E-state index in [0.717, 1.165) is 0 Å². The van der Waals surface area contributed by atoms with Gasteiger partial charge in [0.05, 0.1) is 18.8 Å². The molecule has 2 N–H and O–H groups in total. The van der Waals surface area contributed by atoms with E-state index in [-0.39, 0.29) is 23.8 Å². The van der Waals surface area contributed by atoms with Gasteiger partial charge >= 0.3 is 0 Å². The molecule has 0 radical (unpaired) electrons. The molecule has 1 aromatic carbocycles. The number of rotatable bonds is 4. The lowest BCUT2D eigenvalue weighted by Gasteiger charge is -2.19. The number of carbonyl (C=O) groups is 1. The maximum absolute atomic E-state index is 12.0. The van der Waals surface area contributed by atoms with Crippen LogP contribution in [0.2, 0.25) is 0 Å². The maximum Gasteiger partial charge on any atom is 0.257 e. The highest BCUT2D eigenvalue weighted by Gasteiger charge is 2.17. The lowest BCUT2D eigenvalue weighted by molar-refractivity contribution is 0.0700. The number of nitrogens with zero attached hydrogens (tertiary/aromatic N) is 1. The van der Waals surface area contributed by atoms with Crippen LogP contribution in [-0.4, -0.2) is 47.8 Å².